The smallest absolute Gasteiger partial charge is 0.234 e. The summed E-state index contributed by atoms with van der Waals surface area (Å²) in [5.41, 5.74) is 2.84. The zero-order valence-corrected chi connectivity index (χ0v) is 17.5. The van der Waals surface area contributed by atoms with Crippen LogP contribution >= 0.6 is 0 Å². The van der Waals surface area contributed by atoms with Crippen LogP contribution < -0.4 is 5.43 Å². The molecule has 0 aromatic heterocycles. The molecule has 26 heavy (non-hydrogen) atoms. The zero-order chi connectivity index (χ0) is 19.3. The van der Waals surface area contributed by atoms with Crippen molar-refractivity contribution in [3.63, 3.8) is 0 Å². The van der Waals surface area contributed by atoms with Crippen LogP contribution in [0, 0.1) is 0 Å². The molecule has 0 fully saturated rings. The Hall–Kier alpha value is -0.870. The van der Waals surface area contributed by atoms with E-state index in [2.05, 4.69) is 24.5 Å². The number of amides is 1. The van der Waals surface area contributed by atoms with Crippen molar-refractivity contribution in [1.82, 2.24) is 10.4 Å². The van der Waals surface area contributed by atoms with Crippen LogP contribution in [0.5, 0.6) is 0 Å². The van der Waals surface area contributed by atoms with E-state index in [9.17, 15) is 4.79 Å². The van der Waals surface area contributed by atoms with Gasteiger partial charge in [0.25, 0.3) is 0 Å². The van der Waals surface area contributed by atoms with Gasteiger partial charge in [-0.3, -0.25) is 10.2 Å². The Morgan fingerprint density at radius 2 is 1.38 bits per heavy atom. The summed E-state index contributed by atoms with van der Waals surface area (Å²) in [4.78, 5) is 11.8. The number of unbranched alkanes of at least 4 members (excludes halogenated alkanes) is 11. The maximum atomic E-state index is 11.8. The van der Waals surface area contributed by atoms with E-state index >= 15 is 0 Å². The Kier molecular flexibility index (Phi) is 19.8. The molecular formula is C22H44N2O2. The van der Waals surface area contributed by atoms with Gasteiger partial charge in [0.1, 0.15) is 0 Å². The molecule has 0 saturated heterocycles. The van der Waals surface area contributed by atoms with Gasteiger partial charge in [0.05, 0.1) is 6.61 Å². The summed E-state index contributed by atoms with van der Waals surface area (Å²) in [5.74, 6) is 0.0675. The first-order valence-corrected chi connectivity index (χ1v) is 11.0. The molecule has 0 aliphatic heterocycles. The van der Waals surface area contributed by atoms with E-state index in [-0.39, 0.29) is 12.5 Å². The monoisotopic (exact) mass is 368 g/mol. The third-order valence-electron chi connectivity index (χ3n) is 4.70. The van der Waals surface area contributed by atoms with Crippen LogP contribution in [0.1, 0.15) is 104 Å². The van der Waals surface area contributed by atoms with Crippen molar-refractivity contribution in [3.8, 4) is 0 Å². The lowest BCUT2D eigenvalue weighted by Gasteiger charge is -2.20. The largest absolute Gasteiger partial charge is 0.395 e. The molecule has 1 amide bonds. The maximum Gasteiger partial charge on any atom is 0.234 e. The zero-order valence-electron chi connectivity index (χ0n) is 17.5. The summed E-state index contributed by atoms with van der Waals surface area (Å²) in [7, 11) is 0. The molecule has 0 radical (unpaired) electrons. The lowest BCUT2D eigenvalue weighted by molar-refractivity contribution is -0.126. The van der Waals surface area contributed by atoms with Gasteiger partial charge in [-0.15, -0.1) is 0 Å². The average Bonchev–Trinajstić information content (AvgIpc) is 2.64. The van der Waals surface area contributed by atoms with E-state index in [0.717, 1.165) is 19.4 Å². The second kappa shape index (κ2) is 20.4. The van der Waals surface area contributed by atoms with Gasteiger partial charge in [-0.2, -0.15) is 0 Å². The Bertz CT molecular complexity index is 332. The summed E-state index contributed by atoms with van der Waals surface area (Å²) in [6.45, 7) is 5.52. The quantitative estimate of drug-likeness (QED) is 0.183. The molecule has 0 aliphatic rings. The molecule has 4 heteroatoms. The summed E-state index contributed by atoms with van der Waals surface area (Å²) in [5, 5.41) is 10.7. The second-order valence-corrected chi connectivity index (χ2v) is 7.17. The molecular weight excluding hydrogens is 324 g/mol. The second-order valence-electron chi connectivity index (χ2n) is 7.17. The minimum atomic E-state index is 0.0675. The molecule has 0 bridgehead atoms. The van der Waals surface area contributed by atoms with Crippen molar-refractivity contribution < 1.29 is 9.90 Å². The number of hydrogen-bond acceptors (Lipinski definition) is 3. The van der Waals surface area contributed by atoms with Crippen molar-refractivity contribution in [2.24, 2.45) is 0 Å². The fourth-order valence-corrected chi connectivity index (χ4v) is 3.00. The maximum absolute atomic E-state index is 11.8. The average molecular weight is 369 g/mol. The van der Waals surface area contributed by atoms with Gasteiger partial charge in [-0.25, -0.2) is 5.01 Å². The number of nitrogens with zero attached hydrogens (tertiary/aromatic N) is 1. The molecule has 0 spiro atoms. The van der Waals surface area contributed by atoms with Crippen molar-refractivity contribution in [2.75, 3.05) is 19.7 Å². The third-order valence-corrected chi connectivity index (χ3v) is 4.70. The predicted molar refractivity (Wildman–Crippen MR) is 112 cm³/mol. The molecule has 4 nitrogen and oxygen atoms in total. The molecule has 0 rings (SSSR count). The standard InChI is InChI=1S/C22H44N2O2/c1-3-5-6-7-8-9-10-11-12-13-14-15-16-17-18-19-22(26)23-24(4-2)20-21-25/h11-12,25H,3-10,13-21H2,1-2H3,(H,23,26). The number of nitrogens with one attached hydrogen (secondary N) is 1. The van der Waals surface area contributed by atoms with Crippen LogP contribution in [0.4, 0.5) is 0 Å². The van der Waals surface area contributed by atoms with Crippen LogP contribution in [0.2, 0.25) is 0 Å². The van der Waals surface area contributed by atoms with Crippen LogP contribution in [-0.4, -0.2) is 35.7 Å². The first-order chi connectivity index (χ1) is 12.7. The SMILES string of the molecule is CCCCCCCCC=CCCCCCCCC(=O)NN(CC)CCO. The Morgan fingerprint density at radius 3 is 1.92 bits per heavy atom. The lowest BCUT2D eigenvalue weighted by Crippen LogP contribution is -2.43. The number of hydrogen-bond donors (Lipinski definition) is 2. The summed E-state index contributed by atoms with van der Waals surface area (Å²) in [6.07, 6.45) is 21.8. The van der Waals surface area contributed by atoms with Gasteiger partial charge in [0, 0.05) is 19.5 Å². The van der Waals surface area contributed by atoms with E-state index < -0.39 is 0 Å². The molecule has 0 heterocycles. The van der Waals surface area contributed by atoms with E-state index in [1.165, 1.54) is 70.6 Å². The summed E-state index contributed by atoms with van der Waals surface area (Å²) >= 11 is 0. The number of carbonyl (C=O) groups excluding carboxylic acids is 1. The molecule has 0 saturated carbocycles. The number of hydrazine groups is 1. The number of aliphatic hydroxyl groups excluding tert-OH is 1. The van der Waals surface area contributed by atoms with Crippen LogP contribution in [-0.2, 0) is 4.79 Å². The van der Waals surface area contributed by atoms with Gasteiger partial charge in [-0.05, 0) is 32.1 Å². The number of aliphatic hydroxyl groups is 1. The molecule has 154 valence electrons. The number of likely N-dealkylation sites (N-methyl/N-ethyl adjacent to an activating group) is 1. The topological polar surface area (TPSA) is 52.6 Å². The highest BCUT2D eigenvalue weighted by Crippen LogP contribution is 2.10. The van der Waals surface area contributed by atoms with Gasteiger partial charge < -0.3 is 5.11 Å². The lowest BCUT2D eigenvalue weighted by atomic mass is 10.1. The molecule has 0 unspecified atom stereocenters. The fraction of sp³-hybridized carbons (Fsp3) is 0.864. The number of allylic oxidation sites excluding steroid dienone is 2. The summed E-state index contributed by atoms with van der Waals surface area (Å²) in [6, 6.07) is 0. The minimum Gasteiger partial charge on any atom is -0.395 e. The third kappa shape index (κ3) is 17.9. The first kappa shape index (κ1) is 25.1. The predicted octanol–water partition coefficient (Wildman–Crippen LogP) is 5.37. The molecule has 0 aromatic rings. The van der Waals surface area contributed by atoms with Gasteiger partial charge in [0.2, 0.25) is 5.91 Å². The Balaban J connectivity index is 3.32. The normalized spacial score (nSPS) is 11.5. The number of carbonyl (C=O) groups is 1. The molecule has 2 N–H and O–H groups in total. The Labute approximate surface area is 162 Å². The van der Waals surface area contributed by atoms with Crippen LogP contribution in [0.25, 0.3) is 0 Å². The van der Waals surface area contributed by atoms with Gasteiger partial charge in [0.15, 0.2) is 0 Å². The van der Waals surface area contributed by atoms with E-state index in [1.54, 1.807) is 5.01 Å². The van der Waals surface area contributed by atoms with E-state index in [0.29, 0.717) is 13.0 Å². The highest BCUT2D eigenvalue weighted by molar-refractivity contribution is 5.75. The van der Waals surface area contributed by atoms with Gasteiger partial charge in [-0.1, -0.05) is 77.4 Å². The summed E-state index contributed by atoms with van der Waals surface area (Å²) < 4.78 is 0. The highest BCUT2D eigenvalue weighted by atomic mass is 16.3. The van der Waals surface area contributed by atoms with E-state index in [1.807, 2.05) is 6.92 Å². The molecule has 0 aromatic carbocycles. The van der Waals surface area contributed by atoms with E-state index in [4.69, 9.17) is 5.11 Å². The molecule has 0 atom stereocenters. The van der Waals surface area contributed by atoms with Crippen LogP contribution in [0.15, 0.2) is 12.2 Å². The van der Waals surface area contributed by atoms with Crippen molar-refractivity contribution >= 4 is 5.91 Å². The number of rotatable bonds is 19. The minimum absolute atomic E-state index is 0.0675. The van der Waals surface area contributed by atoms with Gasteiger partial charge >= 0.3 is 0 Å². The van der Waals surface area contributed by atoms with Crippen molar-refractivity contribution in [1.29, 1.82) is 0 Å². The van der Waals surface area contributed by atoms with Crippen LogP contribution in [0.3, 0.4) is 0 Å². The Morgan fingerprint density at radius 1 is 0.846 bits per heavy atom. The fourth-order valence-electron chi connectivity index (χ4n) is 3.00. The van der Waals surface area contributed by atoms with Crippen molar-refractivity contribution in [2.45, 2.75) is 104 Å². The first-order valence-electron chi connectivity index (χ1n) is 11.0. The highest BCUT2D eigenvalue weighted by Gasteiger charge is 2.06. The molecule has 0 aliphatic carbocycles. The van der Waals surface area contributed by atoms with Crippen molar-refractivity contribution in [3.05, 3.63) is 12.2 Å².